The molecule has 1 amide bonds. The standard InChI is InChI=1S/C23H32N4O3S/c1-19(2)25(3)31(29,30)22-11-7-8-20(18-22)23(28)24-12-13-26-14-16-27(17-15-26)21-9-5-4-6-10-21/h4-11,18-19H,12-17H2,1-3H3,(H,24,28). The number of benzene rings is 2. The Morgan fingerprint density at radius 2 is 1.71 bits per heavy atom. The van der Waals surface area contributed by atoms with Gasteiger partial charge in [-0.05, 0) is 44.2 Å². The van der Waals surface area contributed by atoms with Gasteiger partial charge in [0, 0.05) is 63.6 Å². The van der Waals surface area contributed by atoms with E-state index in [1.807, 2.05) is 19.9 Å². The fraction of sp³-hybridized carbons (Fsp3) is 0.435. The summed E-state index contributed by atoms with van der Waals surface area (Å²) in [6.45, 7) is 8.72. The molecule has 1 saturated heterocycles. The normalized spacial score (nSPS) is 15.5. The van der Waals surface area contributed by atoms with Crippen molar-refractivity contribution < 1.29 is 13.2 Å². The highest BCUT2D eigenvalue weighted by Gasteiger charge is 2.24. The Morgan fingerprint density at radius 3 is 2.35 bits per heavy atom. The maximum Gasteiger partial charge on any atom is 0.251 e. The average Bonchev–Trinajstić information content (AvgIpc) is 2.79. The lowest BCUT2D eigenvalue weighted by Gasteiger charge is -2.36. The molecule has 7 nitrogen and oxygen atoms in total. The van der Waals surface area contributed by atoms with Crippen molar-refractivity contribution in [1.29, 1.82) is 0 Å². The SMILES string of the molecule is CC(C)N(C)S(=O)(=O)c1cccc(C(=O)NCCN2CCN(c3ccccc3)CC2)c1. The first-order chi connectivity index (χ1) is 14.8. The van der Waals surface area contributed by atoms with Gasteiger partial charge in [-0.3, -0.25) is 9.69 Å². The highest BCUT2D eigenvalue weighted by molar-refractivity contribution is 7.89. The lowest BCUT2D eigenvalue weighted by Crippen LogP contribution is -2.48. The van der Waals surface area contributed by atoms with Crippen molar-refractivity contribution in [3.63, 3.8) is 0 Å². The number of anilines is 1. The second-order valence-corrected chi connectivity index (χ2v) is 10.1. The van der Waals surface area contributed by atoms with E-state index < -0.39 is 10.0 Å². The molecule has 0 aromatic heterocycles. The molecule has 1 fully saturated rings. The third-order valence-corrected chi connectivity index (χ3v) is 7.74. The number of para-hydroxylation sites is 1. The van der Waals surface area contributed by atoms with Crippen LogP contribution in [0.4, 0.5) is 5.69 Å². The molecule has 3 rings (SSSR count). The van der Waals surface area contributed by atoms with Gasteiger partial charge in [0.15, 0.2) is 0 Å². The van der Waals surface area contributed by atoms with E-state index in [-0.39, 0.29) is 16.8 Å². The molecule has 0 spiro atoms. The number of hydrogen-bond acceptors (Lipinski definition) is 5. The van der Waals surface area contributed by atoms with Crippen LogP contribution in [-0.4, -0.2) is 75.9 Å². The van der Waals surface area contributed by atoms with E-state index in [0.717, 1.165) is 32.7 Å². The van der Waals surface area contributed by atoms with E-state index >= 15 is 0 Å². The summed E-state index contributed by atoms with van der Waals surface area (Å²) in [6.07, 6.45) is 0. The first kappa shape index (κ1) is 23.2. The molecule has 1 aliphatic rings. The summed E-state index contributed by atoms with van der Waals surface area (Å²) in [5.41, 5.74) is 1.60. The van der Waals surface area contributed by atoms with Crippen LogP contribution in [0.3, 0.4) is 0 Å². The Hall–Kier alpha value is -2.42. The lowest BCUT2D eigenvalue weighted by atomic mass is 10.2. The van der Waals surface area contributed by atoms with Crippen molar-refractivity contribution in [1.82, 2.24) is 14.5 Å². The van der Waals surface area contributed by atoms with Crippen LogP contribution in [0.25, 0.3) is 0 Å². The van der Waals surface area contributed by atoms with Gasteiger partial charge in [-0.15, -0.1) is 0 Å². The molecule has 31 heavy (non-hydrogen) atoms. The third kappa shape index (κ3) is 5.84. The van der Waals surface area contributed by atoms with Crippen LogP contribution in [0.2, 0.25) is 0 Å². The zero-order valence-corrected chi connectivity index (χ0v) is 19.3. The number of hydrogen-bond donors (Lipinski definition) is 1. The van der Waals surface area contributed by atoms with Gasteiger partial charge in [0.2, 0.25) is 10.0 Å². The molecule has 0 atom stereocenters. The molecule has 0 saturated carbocycles. The number of sulfonamides is 1. The van der Waals surface area contributed by atoms with Crippen molar-refractivity contribution in [2.24, 2.45) is 0 Å². The second kappa shape index (κ2) is 10.3. The van der Waals surface area contributed by atoms with Crippen LogP contribution in [0.1, 0.15) is 24.2 Å². The van der Waals surface area contributed by atoms with E-state index in [1.54, 1.807) is 19.2 Å². The van der Waals surface area contributed by atoms with Gasteiger partial charge >= 0.3 is 0 Å². The van der Waals surface area contributed by atoms with Gasteiger partial charge in [0.25, 0.3) is 5.91 Å². The van der Waals surface area contributed by atoms with E-state index in [0.29, 0.717) is 12.1 Å². The van der Waals surface area contributed by atoms with E-state index in [2.05, 4.69) is 39.4 Å². The van der Waals surface area contributed by atoms with Crippen LogP contribution in [0, 0.1) is 0 Å². The highest BCUT2D eigenvalue weighted by Crippen LogP contribution is 2.18. The number of carbonyl (C=O) groups is 1. The van der Waals surface area contributed by atoms with Crippen LogP contribution in [0.15, 0.2) is 59.5 Å². The zero-order chi connectivity index (χ0) is 22.4. The summed E-state index contributed by atoms with van der Waals surface area (Å²) in [7, 11) is -2.07. The fourth-order valence-electron chi connectivity index (χ4n) is 3.54. The van der Waals surface area contributed by atoms with E-state index in [9.17, 15) is 13.2 Å². The first-order valence-corrected chi connectivity index (χ1v) is 12.1. The minimum absolute atomic E-state index is 0.133. The van der Waals surface area contributed by atoms with Crippen molar-refractivity contribution in [2.75, 3.05) is 51.2 Å². The molecule has 2 aromatic carbocycles. The molecular weight excluding hydrogens is 412 g/mol. The van der Waals surface area contributed by atoms with Crippen molar-refractivity contribution in [3.8, 4) is 0 Å². The van der Waals surface area contributed by atoms with Gasteiger partial charge in [-0.2, -0.15) is 4.31 Å². The lowest BCUT2D eigenvalue weighted by molar-refractivity contribution is 0.0947. The number of carbonyl (C=O) groups excluding carboxylic acids is 1. The smallest absolute Gasteiger partial charge is 0.251 e. The zero-order valence-electron chi connectivity index (χ0n) is 18.5. The Labute approximate surface area is 185 Å². The maximum atomic E-state index is 12.7. The molecule has 0 bridgehead atoms. The van der Waals surface area contributed by atoms with Crippen molar-refractivity contribution >= 4 is 21.6 Å². The number of rotatable bonds is 8. The Kier molecular flexibility index (Phi) is 7.69. The van der Waals surface area contributed by atoms with E-state index in [1.165, 1.54) is 22.1 Å². The molecule has 0 aliphatic carbocycles. The van der Waals surface area contributed by atoms with Crippen molar-refractivity contribution in [2.45, 2.75) is 24.8 Å². The van der Waals surface area contributed by atoms with E-state index in [4.69, 9.17) is 0 Å². The predicted octanol–water partition coefficient (Wildman–Crippen LogP) is 2.27. The summed E-state index contributed by atoms with van der Waals surface area (Å²) < 4.78 is 26.7. The van der Waals surface area contributed by atoms with Crippen molar-refractivity contribution in [3.05, 3.63) is 60.2 Å². The summed E-state index contributed by atoms with van der Waals surface area (Å²) in [5, 5.41) is 2.92. The number of piperazine rings is 1. The minimum Gasteiger partial charge on any atom is -0.369 e. The Morgan fingerprint density at radius 1 is 1.03 bits per heavy atom. The molecule has 0 radical (unpaired) electrons. The molecule has 8 heteroatoms. The number of nitrogens with one attached hydrogen (secondary N) is 1. The predicted molar refractivity (Wildman–Crippen MR) is 124 cm³/mol. The van der Waals surface area contributed by atoms with Crippen LogP contribution >= 0.6 is 0 Å². The van der Waals surface area contributed by atoms with Gasteiger partial charge in [-0.1, -0.05) is 24.3 Å². The van der Waals surface area contributed by atoms with Gasteiger partial charge in [0.1, 0.15) is 0 Å². The molecule has 1 N–H and O–H groups in total. The fourth-order valence-corrected chi connectivity index (χ4v) is 4.95. The molecule has 1 heterocycles. The topological polar surface area (TPSA) is 73.0 Å². The first-order valence-electron chi connectivity index (χ1n) is 10.7. The highest BCUT2D eigenvalue weighted by atomic mass is 32.2. The summed E-state index contributed by atoms with van der Waals surface area (Å²) in [4.78, 5) is 17.4. The van der Waals surface area contributed by atoms with Crippen LogP contribution in [0.5, 0.6) is 0 Å². The molecular formula is C23H32N4O3S. The summed E-state index contributed by atoms with van der Waals surface area (Å²) in [5.74, 6) is -0.257. The number of nitrogens with zero attached hydrogens (tertiary/aromatic N) is 3. The molecule has 1 aliphatic heterocycles. The quantitative estimate of drug-likeness (QED) is 0.676. The molecule has 0 unspecified atom stereocenters. The monoisotopic (exact) mass is 444 g/mol. The van der Waals surface area contributed by atoms with Gasteiger partial charge in [-0.25, -0.2) is 8.42 Å². The Bertz CT molecular complexity index is 971. The van der Waals surface area contributed by atoms with Gasteiger partial charge in [0.05, 0.1) is 4.90 Å². The van der Waals surface area contributed by atoms with Gasteiger partial charge < -0.3 is 10.2 Å². The number of amides is 1. The molecule has 168 valence electrons. The third-order valence-electron chi connectivity index (χ3n) is 5.71. The average molecular weight is 445 g/mol. The van der Waals surface area contributed by atoms with Crippen LogP contribution in [-0.2, 0) is 10.0 Å². The largest absolute Gasteiger partial charge is 0.369 e. The second-order valence-electron chi connectivity index (χ2n) is 8.06. The molecule has 2 aromatic rings. The maximum absolute atomic E-state index is 12.7. The summed E-state index contributed by atoms with van der Waals surface area (Å²) in [6, 6.07) is 16.4. The van der Waals surface area contributed by atoms with Crippen LogP contribution < -0.4 is 10.2 Å². The Balaban J connectivity index is 1.49. The minimum atomic E-state index is -3.62. The summed E-state index contributed by atoms with van der Waals surface area (Å²) >= 11 is 0.